The number of carboxylic acids is 1. The summed E-state index contributed by atoms with van der Waals surface area (Å²) in [4.78, 5) is 36.9. The Hall–Kier alpha value is -5.06. The van der Waals surface area contributed by atoms with Crippen molar-refractivity contribution in [3.8, 4) is 11.1 Å². The molecule has 2 unspecified atom stereocenters. The van der Waals surface area contributed by atoms with Crippen LogP contribution in [0, 0.1) is 18.6 Å². The largest absolute Gasteiger partial charge is 0.480 e. The number of amides is 2. The molecule has 206 valence electrons. The van der Waals surface area contributed by atoms with Gasteiger partial charge in [-0.15, -0.1) is 0 Å². The minimum Gasteiger partial charge on any atom is -0.480 e. The molecule has 2 atom stereocenters. The smallest absolute Gasteiger partial charge is 0.414 e. The molecule has 0 radical (unpaired) electrons. The van der Waals surface area contributed by atoms with E-state index < -0.39 is 53.7 Å². The van der Waals surface area contributed by atoms with Gasteiger partial charge < -0.3 is 19.7 Å². The van der Waals surface area contributed by atoms with Crippen LogP contribution in [0.2, 0.25) is 0 Å². The quantitative estimate of drug-likeness (QED) is 0.245. The standard InChI is InChI=1S/C29H25F2N3O6/c1-16-25(27(40-34-16)33-29(38)39-17(2)18-7-4-3-5-8-18)19-11-13-20(14-12-19)26(35)32-24(28(36)37)15-21-22(30)9-6-10-23(21)31/h3-14,17,24H,15H2,1-2H3,(H,32,35)(H,33,38)(H,36,37). The van der Waals surface area contributed by atoms with Crippen LogP contribution in [0.1, 0.15) is 40.2 Å². The molecule has 0 bridgehead atoms. The third kappa shape index (κ3) is 6.49. The van der Waals surface area contributed by atoms with Gasteiger partial charge in [0.1, 0.15) is 23.8 Å². The van der Waals surface area contributed by atoms with Gasteiger partial charge in [0.05, 0.1) is 11.3 Å². The molecule has 4 rings (SSSR count). The van der Waals surface area contributed by atoms with Gasteiger partial charge in [-0.25, -0.2) is 18.4 Å². The average molecular weight is 550 g/mol. The molecule has 0 aliphatic rings. The van der Waals surface area contributed by atoms with E-state index in [0.29, 0.717) is 16.8 Å². The highest BCUT2D eigenvalue weighted by Crippen LogP contribution is 2.32. The summed E-state index contributed by atoms with van der Waals surface area (Å²) in [6, 6.07) is 16.8. The van der Waals surface area contributed by atoms with Crippen molar-refractivity contribution in [1.82, 2.24) is 10.5 Å². The van der Waals surface area contributed by atoms with Gasteiger partial charge in [0.25, 0.3) is 5.91 Å². The lowest BCUT2D eigenvalue weighted by molar-refractivity contribution is -0.139. The number of nitrogens with one attached hydrogen (secondary N) is 2. The van der Waals surface area contributed by atoms with Crippen molar-refractivity contribution in [1.29, 1.82) is 0 Å². The van der Waals surface area contributed by atoms with Crippen molar-refractivity contribution in [2.45, 2.75) is 32.4 Å². The molecule has 0 fully saturated rings. The van der Waals surface area contributed by atoms with Crippen LogP contribution in [0.15, 0.2) is 77.3 Å². The summed E-state index contributed by atoms with van der Waals surface area (Å²) in [6.07, 6.45) is -1.85. The lowest BCUT2D eigenvalue weighted by atomic mass is 10.0. The number of carbonyl (C=O) groups excluding carboxylic acids is 2. The second-order valence-electron chi connectivity index (χ2n) is 8.90. The van der Waals surface area contributed by atoms with E-state index in [1.165, 1.54) is 12.1 Å². The van der Waals surface area contributed by atoms with Gasteiger partial charge in [-0.1, -0.05) is 53.7 Å². The number of carboxylic acid groups (broad SMARTS) is 1. The van der Waals surface area contributed by atoms with Crippen LogP contribution in [0.25, 0.3) is 11.1 Å². The number of anilines is 1. The molecule has 0 saturated carbocycles. The molecule has 40 heavy (non-hydrogen) atoms. The first-order valence-electron chi connectivity index (χ1n) is 12.2. The van der Waals surface area contributed by atoms with E-state index in [-0.39, 0.29) is 11.4 Å². The van der Waals surface area contributed by atoms with Crippen LogP contribution in [0.5, 0.6) is 0 Å². The number of aromatic nitrogens is 1. The molecule has 3 N–H and O–H groups in total. The monoisotopic (exact) mass is 549 g/mol. The Morgan fingerprint density at radius 2 is 1.62 bits per heavy atom. The molecule has 1 aromatic heterocycles. The third-order valence-electron chi connectivity index (χ3n) is 6.14. The van der Waals surface area contributed by atoms with E-state index in [9.17, 15) is 28.3 Å². The van der Waals surface area contributed by atoms with Crippen LogP contribution in [-0.4, -0.2) is 34.3 Å². The lowest BCUT2D eigenvalue weighted by Crippen LogP contribution is -2.42. The molecule has 0 aliphatic carbocycles. The third-order valence-corrected chi connectivity index (χ3v) is 6.14. The number of aliphatic carboxylic acids is 1. The van der Waals surface area contributed by atoms with Crippen molar-refractivity contribution in [2.75, 3.05) is 5.32 Å². The van der Waals surface area contributed by atoms with E-state index in [1.807, 2.05) is 30.3 Å². The Labute approximate surface area is 227 Å². The first kappa shape index (κ1) is 28.0. The Bertz CT molecular complexity index is 1500. The van der Waals surface area contributed by atoms with Gasteiger partial charge in [0, 0.05) is 17.5 Å². The molecule has 2 amide bonds. The summed E-state index contributed by atoms with van der Waals surface area (Å²) >= 11 is 0. The molecule has 0 spiro atoms. The van der Waals surface area contributed by atoms with Crippen LogP contribution in [0.3, 0.4) is 0 Å². The predicted octanol–water partition coefficient (Wildman–Crippen LogP) is 5.66. The molecular formula is C29H25F2N3O6. The van der Waals surface area contributed by atoms with Crippen molar-refractivity contribution in [3.63, 3.8) is 0 Å². The highest BCUT2D eigenvalue weighted by atomic mass is 19.1. The summed E-state index contributed by atoms with van der Waals surface area (Å²) in [6.45, 7) is 3.40. The molecule has 0 aliphatic heterocycles. The number of hydrogen-bond acceptors (Lipinski definition) is 6. The maximum Gasteiger partial charge on any atom is 0.414 e. The lowest BCUT2D eigenvalue weighted by Gasteiger charge is -2.16. The van der Waals surface area contributed by atoms with E-state index in [4.69, 9.17) is 9.26 Å². The Morgan fingerprint density at radius 3 is 2.25 bits per heavy atom. The van der Waals surface area contributed by atoms with Gasteiger partial charge in [0.15, 0.2) is 0 Å². The normalized spacial score (nSPS) is 12.3. The molecular weight excluding hydrogens is 524 g/mol. The number of rotatable bonds is 9. The van der Waals surface area contributed by atoms with Gasteiger partial charge in [-0.2, -0.15) is 0 Å². The molecule has 4 aromatic rings. The number of halogens is 2. The van der Waals surface area contributed by atoms with Crippen LogP contribution < -0.4 is 10.6 Å². The van der Waals surface area contributed by atoms with Crippen molar-refractivity contribution < 1.29 is 37.5 Å². The SMILES string of the molecule is Cc1noc(NC(=O)OC(C)c2ccccc2)c1-c1ccc(C(=O)NC(Cc2c(F)cccc2F)C(=O)O)cc1. The van der Waals surface area contributed by atoms with Gasteiger partial charge in [-0.3, -0.25) is 10.1 Å². The number of carbonyl (C=O) groups is 3. The van der Waals surface area contributed by atoms with Crippen LogP contribution >= 0.6 is 0 Å². The highest BCUT2D eigenvalue weighted by molar-refractivity contribution is 5.97. The Kier molecular flexibility index (Phi) is 8.53. The highest BCUT2D eigenvalue weighted by Gasteiger charge is 2.25. The van der Waals surface area contributed by atoms with Crippen LogP contribution in [-0.2, 0) is 16.0 Å². The summed E-state index contributed by atoms with van der Waals surface area (Å²) in [5, 5.41) is 18.3. The molecule has 3 aromatic carbocycles. The summed E-state index contributed by atoms with van der Waals surface area (Å²) in [5.41, 5.74) is 1.93. The second-order valence-corrected chi connectivity index (χ2v) is 8.90. The van der Waals surface area contributed by atoms with Crippen molar-refractivity contribution in [3.05, 3.63) is 107 Å². The van der Waals surface area contributed by atoms with Crippen molar-refractivity contribution in [2.24, 2.45) is 0 Å². The first-order valence-corrected chi connectivity index (χ1v) is 12.2. The Balaban J connectivity index is 1.45. The maximum atomic E-state index is 14.0. The van der Waals surface area contributed by atoms with Gasteiger partial charge >= 0.3 is 12.1 Å². The molecule has 11 heteroatoms. The number of benzene rings is 3. The average Bonchev–Trinajstić information content (AvgIpc) is 3.29. The fourth-order valence-electron chi connectivity index (χ4n) is 4.03. The van der Waals surface area contributed by atoms with E-state index in [1.54, 1.807) is 26.0 Å². The number of ether oxygens (including phenoxy) is 1. The topological polar surface area (TPSA) is 131 Å². The summed E-state index contributed by atoms with van der Waals surface area (Å²) < 4.78 is 38.7. The number of hydrogen-bond donors (Lipinski definition) is 3. The molecule has 9 nitrogen and oxygen atoms in total. The van der Waals surface area contributed by atoms with Crippen molar-refractivity contribution >= 4 is 23.9 Å². The number of aryl methyl sites for hydroxylation is 1. The fraction of sp³-hybridized carbons (Fsp3) is 0.172. The molecule has 1 heterocycles. The Morgan fingerprint density at radius 1 is 0.975 bits per heavy atom. The second kappa shape index (κ2) is 12.2. The first-order chi connectivity index (χ1) is 19.1. The predicted molar refractivity (Wildman–Crippen MR) is 141 cm³/mol. The van der Waals surface area contributed by atoms with Gasteiger partial charge in [0.2, 0.25) is 5.88 Å². The minimum absolute atomic E-state index is 0.0396. The zero-order valence-corrected chi connectivity index (χ0v) is 21.5. The van der Waals surface area contributed by atoms with Crippen LogP contribution in [0.4, 0.5) is 19.5 Å². The van der Waals surface area contributed by atoms with E-state index in [0.717, 1.165) is 23.8 Å². The fourth-order valence-corrected chi connectivity index (χ4v) is 4.03. The molecule has 0 saturated heterocycles. The van der Waals surface area contributed by atoms with E-state index in [2.05, 4.69) is 15.8 Å². The minimum atomic E-state index is -1.57. The summed E-state index contributed by atoms with van der Waals surface area (Å²) in [5.74, 6) is -3.97. The maximum absolute atomic E-state index is 14.0. The van der Waals surface area contributed by atoms with Gasteiger partial charge in [-0.05, 0) is 49.2 Å². The van der Waals surface area contributed by atoms with E-state index >= 15 is 0 Å². The zero-order valence-electron chi connectivity index (χ0n) is 21.5. The summed E-state index contributed by atoms with van der Waals surface area (Å²) in [7, 11) is 0. The number of nitrogens with zero attached hydrogens (tertiary/aromatic N) is 1. The zero-order chi connectivity index (χ0) is 28.8.